The van der Waals surface area contributed by atoms with Gasteiger partial charge >= 0.3 is 0 Å². The topological polar surface area (TPSA) is 61.5 Å². The van der Waals surface area contributed by atoms with Gasteiger partial charge in [0.25, 0.3) is 0 Å². The third-order valence-electron chi connectivity index (χ3n) is 4.66. The third-order valence-corrected chi connectivity index (χ3v) is 5.79. The maximum absolute atomic E-state index is 11.8. The van der Waals surface area contributed by atoms with Gasteiger partial charge in [0, 0.05) is 33.0 Å². The summed E-state index contributed by atoms with van der Waals surface area (Å²) in [6.07, 6.45) is 0.758. The van der Waals surface area contributed by atoms with Gasteiger partial charge in [-0.3, -0.25) is 4.79 Å². The fourth-order valence-corrected chi connectivity index (χ4v) is 4.15. The second-order valence-corrected chi connectivity index (χ2v) is 7.76. The van der Waals surface area contributed by atoms with Gasteiger partial charge in [0.05, 0.1) is 12.2 Å². The summed E-state index contributed by atoms with van der Waals surface area (Å²) in [5.74, 6) is 1.47. The molecular formula is C23H21NO3S. The average molecular weight is 391 g/mol. The Balaban J connectivity index is 1.54. The van der Waals surface area contributed by atoms with Gasteiger partial charge in [-0.25, -0.2) is 0 Å². The second kappa shape index (κ2) is 7.98. The van der Waals surface area contributed by atoms with Crippen LogP contribution in [0.25, 0.3) is 0 Å². The van der Waals surface area contributed by atoms with E-state index >= 15 is 0 Å². The van der Waals surface area contributed by atoms with E-state index in [1.54, 1.807) is 24.8 Å². The number of fused-ring (bicyclic) bond motifs is 1. The minimum Gasteiger partial charge on any atom is -0.492 e. The Morgan fingerprint density at radius 1 is 1.11 bits per heavy atom. The first-order chi connectivity index (χ1) is 13.6. The van der Waals surface area contributed by atoms with E-state index < -0.39 is 0 Å². The van der Waals surface area contributed by atoms with Gasteiger partial charge in [-0.05, 0) is 49.4 Å². The molecule has 28 heavy (non-hydrogen) atoms. The number of hydrogen-bond donors (Lipinski definition) is 1. The molecule has 4 nitrogen and oxygen atoms in total. The number of rotatable bonds is 6. The van der Waals surface area contributed by atoms with Crippen molar-refractivity contribution in [3.8, 4) is 11.5 Å². The number of hydrogen-bond acceptors (Lipinski definition) is 5. The van der Waals surface area contributed by atoms with Crippen LogP contribution in [0.1, 0.15) is 28.4 Å². The van der Waals surface area contributed by atoms with E-state index in [4.69, 9.17) is 15.2 Å². The highest BCUT2D eigenvalue weighted by Crippen LogP contribution is 2.38. The molecule has 5 heteroatoms. The maximum Gasteiger partial charge on any atom is 0.163 e. The zero-order chi connectivity index (χ0) is 19.5. The highest BCUT2D eigenvalue weighted by atomic mass is 32.2. The summed E-state index contributed by atoms with van der Waals surface area (Å²) in [5, 5.41) is 0. The van der Waals surface area contributed by atoms with Crippen molar-refractivity contribution in [2.24, 2.45) is 0 Å². The normalized spacial score (nSPS) is 12.3. The van der Waals surface area contributed by atoms with Crippen LogP contribution < -0.4 is 15.2 Å². The molecule has 0 saturated carbocycles. The molecule has 4 rings (SSSR count). The standard InChI is InChI=1S/C23H21NO3S/c1-15(25)19-10-11-21(20-12-13-26-23(19)20)27-14-16-4-2-3-5-22(16)28-18-8-6-17(24)7-9-18/h2-11H,12-14,24H2,1H3. The first-order valence-electron chi connectivity index (χ1n) is 9.15. The molecule has 1 heterocycles. The van der Waals surface area contributed by atoms with E-state index in [0.717, 1.165) is 38.8 Å². The molecule has 0 fully saturated rings. The molecule has 3 aromatic rings. The highest BCUT2D eigenvalue weighted by molar-refractivity contribution is 7.99. The SMILES string of the molecule is CC(=O)c1ccc(OCc2ccccc2Sc2ccc(N)cc2)c2c1OCC2. The van der Waals surface area contributed by atoms with Crippen LogP contribution >= 0.6 is 11.8 Å². The van der Waals surface area contributed by atoms with Gasteiger partial charge in [-0.15, -0.1) is 0 Å². The zero-order valence-corrected chi connectivity index (χ0v) is 16.4. The van der Waals surface area contributed by atoms with E-state index in [9.17, 15) is 4.79 Å². The Hall–Kier alpha value is -2.92. The van der Waals surface area contributed by atoms with E-state index in [0.29, 0.717) is 24.5 Å². The van der Waals surface area contributed by atoms with Crippen LogP contribution in [0.15, 0.2) is 70.5 Å². The number of carbonyl (C=O) groups excluding carboxylic acids is 1. The number of ketones is 1. The molecule has 2 N–H and O–H groups in total. The summed E-state index contributed by atoms with van der Waals surface area (Å²) in [4.78, 5) is 14.1. The molecule has 1 aliphatic rings. The van der Waals surface area contributed by atoms with Crippen LogP contribution in [-0.2, 0) is 13.0 Å². The van der Waals surface area contributed by atoms with Crippen molar-refractivity contribution >= 4 is 23.2 Å². The summed E-state index contributed by atoms with van der Waals surface area (Å²) >= 11 is 1.68. The molecule has 0 amide bonds. The van der Waals surface area contributed by atoms with Crippen molar-refractivity contribution in [3.63, 3.8) is 0 Å². The van der Waals surface area contributed by atoms with Crippen LogP contribution in [0.5, 0.6) is 11.5 Å². The lowest BCUT2D eigenvalue weighted by Crippen LogP contribution is -2.01. The number of anilines is 1. The zero-order valence-electron chi connectivity index (χ0n) is 15.6. The molecule has 0 saturated heterocycles. The van der Waals surface area contributed by atoms with Gasteiger partial charge in [0.1, 0.15) is 18.1 Å². The van der Waals surface area contributed by atoms with E-state index in [1.165, 1.54) is 0 Å². The van der Waals surface area contributed by atoms with Crippen molar-refractivity contribution in [1.29, 1.82) is 0 Å². The van der Waals surface area contributed by atoms with Gasteiger partial charge in [-0.1, -0.05) is 30.0 Å². The molecule has 1 aliphatic heterocycles. The Labute approximate surface area is 168 Å². The summed E-state index contributed by atoms with van der Waals surface area (Å²) in [5.41, 5.74) is 9.24. The van der Waals surface area contributed by atoms with Crippen LogP contribution in [0.4, 0.5) is 5.69 Å². The summed E-state index contributed by atoms with van der Waals surface area (Å²) in [6, 6.07) is 19.7. The number of carbonyl (C=O) groups is 1. The smallest absolute Gasteiger partial charge is 0.163 e. The maximum atomic E-state index is 11.8. The lowest BCUT2D eigenvalue weighted by Gasteiger charge is -2.14. The van der Waals surface area contributed by atoms with Gasteiger partial charge in [-0.2, -0.15) is 0 Å². The van der Waals surface area contributed by atoms with Gasteiger partial charge < -0.3 is 15.2 Å². The molecule has 0 aliphatic carbocycles. The Kier molecular flexibility index (Phi) is 5.26. The second-order valence-electron chi connectivity index (χ2n) is 6.64. The lowest BCUT2D eigenvalue weighted by molar-refractivity contribution is 0.101. The molecule has 0 atom stereocenters. The summed E-state index contributed by atoms with van der Waals surface area (Å²) < 4.78 is 11.8. The van der Waals surface area contributed by atoms with Crippen LogP contribution in [-0.4, -0.2) is 12.4 Å². The summed E-state index contributed by atoms with van der Waals surface area (Å²) in [6.45, 7) is 2.59. The monoisotopic (exact) mass is 391 g/mol. The average Bonchev–Trinajstić information content (AvgIpc) is 3.18. The van der Waals surface area contributed by atoms with Crippen molar-refractivity contribution in [2.75, 3.05) is 12.3 Å². The number of Topliss-reactive ketones (excluding diaryl/α,β-unsaturated/α-hetero) is 1. The van der Waals surface area contributed by atoms with Gasteiger partial charge in [0.2, 0.25) is 0 Å². The first kappa shape index (κ1) is 18.4. The summed E-state index contributed by atoms with van der Waals surface area (Å²) in [7, 11) is 0. The Bertz CT molecular complexity index is 1010. The number of benzene rings is 3. The third kappa shape index (κ3) is 3.85. The van der Waals surface area contributed by atoms with Crippen molar-refractivity contribution < 1.29 is 14.3 Å². The van der Waals surface area contributed by atoms with Crippen LogP contribution in [0, 0.1) is 0 Å². The Morgan fingerprint density at radius 2 is 1.89 bits per heavy atom. The number of nitrogens with two attached hydrogens (primary N) is 1. The minimum absolute atomic E-state index is 0.00921. The van der Waals surface area contributed by atoms with Crippen molar-refractivity contribution in [3.05, 3.63) is 77.4 Å². The van der Waals surface area contributed by atoms with Crippen molar-refractivity contribution in [2.45, 2.75) is 29.7 Å². The van der Waals surface area contributed by atoms with Crippen molar-refractivity contribution in [1.82, 2.24) is 0 Å². The predicted octanol–water partition coefficient (Wildman–Crippen LogP) is 5.14. The number of ether oxygens (including phenoxy) is 2. The predicted molar refractivity (Wildman–Crippen MR) is 111 cm³/mol. The molecule has 0 bridgehead atoms. The fourth-order valence-electron chi connectivity index (χ4n) is 3.22. The molecule has 0 radical (unpaired) electrons. The molecule has 3 aromatic carbocycles. The molecule has 0 spiro atoms. The largest absolute Gasteiger partial charge is 0.492 e. The lowest BCUT2D eigenvalue weighted by atomic mass is 10.0. The van der Waals surface area contributed by atoms with Crippen LogP contribution in [0.3, 0.4) is 0 Å². The van der Waals surface area contributed by atoms with E-state index in [1.807, 2.05) is 42.5 Å². The quantitative estimate of drug-likeness (QED) is 0.466. The Morgan fingerprint density at radius 3 is 2.68 bits per heavy atom. The highest BCUT2D eigenvalue weighted by Gasteiger charge is 2.23. The molecular weight excluding hydrogens is 370 g/mol. The first-order valence-corrected chi connectivity index (χ1v) is 9.97. The molecule has 142 valence electrons. The molecule has 0 aromatic heterocycles. The number of nitrogen functional groups attached to an aromatic ring is 1. The molecule has 0 unspecified atom stereocenters. The van der Waals surface area contributed by atoms with E-state index in [-0.39, 0.29) is 5.78 Å². The van der Waals surface area contributed by atoms with Gasteiger partial charge in [0.15, 0.2) is 5.78 Å². The van der Waals surface area contributed by atoms with E-state index in [2.05, 4.69) is 12.1 Å². The fraction of sp³-hybridized carbons (Fsp3) is 0.174. The van der Waals surface area contributed by atoms with Crippen LogP contribution in [0.2, 0.25) is 0 Å². The minimum atomic E-state index is 0.00921.